The normalized spacial score (nSPS) is 32.0. The van der Waals surface area contributed by atoms with Gasteiger partial charge in [-0.2, -0.15) is 5.10 Å². The summed E-state index contributed by atoms with van der Waals surface area (Å²) >= 11 is 0. The predicted molar refractivity (Wildman–Crippen MR) is 39.0 cm³/mol. The van der Waals surface area contributed by atoms with Crippen LogP contribution in [0.15, 0.2) is 5.10 Å². The second-order valence-corrected chi connectivity index (χ2v) is 2.77. The Kier molecular flexibility index (Phi) is 1.59. The summed E-state index contributed by atoms with van der Waals surface area (Å²) < 4.78 is 5.25. The second-order valence-electron chi connectivity index (χ2n) is 2.77. The Morgan fingerprint density at radius 2 is 2.60 bits per heavy atom. The van der Waals surface area contributed by atoms with Gasteiger partial charge < -0.3 is 4.74 Å². The van der Waals surface area contributed by atoms with Crippen molar-refractivity contribution in [1.82, 2.24) is 5.01 Å². The van der Waals surface area contributed by atoms with E-state index in [4.69, 9.17) is 4.74 Å². The minimum absolute atomic E-state index is 0.568. The maximum Gasteiger partial charge on any atom is 0.0726 e. The molecule has 2 aliphatic heterocycles. The van der Waals surface area contributed by atoms with Crippen LogP contribution in [0.2, 0.25) is 0 Å². The van der Waals surface area contributed by atoms with E-state index in [0.717, 1.165) is 32.6 Å². The molecule has 56 valence electrons. The number of hydrogen-bond acceptors (Lipinski definition) is 3. The van der Waals surface area contributed by atoms with Crippen LogP contribution in [0.5, 0.6) is 0 Å². The van der Waals surface area contributed by atoms with Crippen LogP contribution in [-0.2, 0) is 4.74 Å². The Morgan fingerprint density at radius 1 is 1.60 bits per heavy atom. The van der Waals surface area contributed by atoms with Gasteiger partial charge in [-0.3, -0.25) is 5.01 Å². The van der Waals surface area contributed by atoms with Crippen molar-refractivity contribution >= 4 is 6.21 Å². The Bertz CT molecular complexity index is 141. The fourth-order valence-electron chi connectivity index (χ4n) is 1.44. The average molecular weight is 140 g/mol. The second kappa shape index (κ2) is 2.58. The van der Waals surface area contributed by atoms with Crippen molar-refractivity contribution in [1.29, 1.82) is 0 Å². The Hall–Kier alpha value is -0.570. The van der Waals surface area contributed by atoms with E-state index in [0.29, 0.717) is 6.04 Å². The summed E-state index contributed by atoms with van der Waals surface area (Å²) in [6.45, 7) is 2.88. The largest absolute Gasteiger partial charge is 0.379 e. The Labute approximate surface area is 60.7 Å². The average Bonchev–Trinajstić information content (AvgIpc) is 2.59. The number of hydrazone groups is 1. The molecule has 1 atom stereocenters. The van der Waals surface area contributed by atoms with Crippen molar-refractivity contribution in [2.75, 3.05) is 19.8 Å². The Balaban J connectivity index is 1.91. The summed E-state index contributed by atoms with van der Waals surface area (Å²) in [5.41, 5.74) is 0. The standard InChI is InChI=1S/C7H12N2O/c1-3-8-9(4-1)7-2-5-10-6-7/h3,7H,1-2,4-6H2/t7-/m1/s1. The van der Waals surface area contributed by atoms with Crippen LogP contribution in [0.3, 0.4) is 0 Å². The fraction of sp³-hybridized carbons (Fsp3) is 0.857. The number of nitrogens with zero attached hydrogens (tertiary/aromatic N) is 2. The lowest BCUT2D eigenvalue weighted by Gasteiger charge is -2.19. The summed E-state index contributed by atoms with van der Waals surface area (Å²) in [6.07, 6.45) is 4.24. The van der Waals surface area contributed by atoms with Crippen LogP contribution in [0, 0.1) is 0 Å². The third-order valence-electron chi connectivity index (χ3n) is 2.04. The molecule has 0 aromatic carbocycles. The molecule has 0 amide bonds. The lowest BCUT2D eigenvalue weighted by Crippen LogP contribution is -2.28. The molecule has 0 spiro atoms. The van der Waals surface area contributed by atoms with Crippen LogP contribution in [0.25, 0.3) is 0 Å². The van der Waals surface area contributed by atoms with Crippen molar-refractivity contribution in [3.8, 4) is 0 Å². The first-order chi connectivity index (χ1) is 4.97. The molecular weight excluding hydrogens is 128 g/mol. The highest BCUT2D eigenvalue weighted by molar-refractivity contribution is 5.58. The van der Waals surface area contributed by atoms with E-state index in [2.05, 4.69) is 10.1 Å². The van der Waals surface area contributed by atoms with Crippen molar-refractivity contribution in [3.63, 3.8) is 0 Å². The zero-order valence-corrected chi connectivity index (χ0v) is 5.99. The molecule has 0 aliphatic carbocycles. The first kappa shape index (κ1) is 6.16. The van der Waals surface area contributed by atoms with Crippen molar-refractivity contribution in [2.24, 2.45) is 5.10 Å². The molecule has 2 rings (SSSR count). The lowest BCUT2D eigenvalue weighted by molar-refractivity contribution is 0.154. The van der Waals surface area contributed by atoms with Crippen LogP contribution in [0.4, 0.5) is 0 Å². The van der Waals surface area contributed by atoms with Gasteiger partial charge >= 0.3 is 0 Å². The molecule has 0 radical (unpaired) electrons. The van der Waals surface area contributed by atoms with Crippen LogP contribution in [0.1, 0.15) is 12.8 Å². The van der Waals surface area contributed by atoms with E-state index in [1.807, 2.05) is 6.21 Å². The van der Waals surface area contributed by atoms with Gasteiger partial charge in [0.05, 0.1) is 12.6 Å². The van der Waals surface area contributed by atoms with E-state index in [1.54, 1.807) is 0 Å². The van der Waals surface area contributed by atoms with E-state index in [9.17, 15) is 0 Å². The van der Waals surface area contributed by atoms with E-state index in [1.165, 1.54) is 0 Å². The Morgan fingerprint density at radius 3 is 3.20 bits per heavy atom. The van der Waals surface area contributed by atoms with Gasteiger partial charge in [0.2, 0.25) is 0 Å². The quantitative estimate of drug-likeness (QED) is 0.529. The third kappa shape index (κ3) is 1.01. The number of hydrogen-bond donors (Lipinski definition) is 0. The third-order valence-corrected chi connectivity index (χ3v) is 2.04. The zero-order chi connectivity index (χ0) is 6.81. The van der Waals surface area contributed by atoms with Gasteiger partial charge in [-0.25, -0.2) is 0 Å². The molecule has 0 aromatic rings. The molecule has 2 aliphatic rings. The van der Waals surface area contributed by atoms with Gasteiger partial charge in [0.25, 0.3) is 0 Å². The van der Waals surface area contributed by atoms with E-state index in [-0.39, 0.29) is 0 Å². The van der Waals surface area contributed by atoms with Gasteiger partial charge in [-0.05, 0) is 6.42 Å². The molecular formula is C7H12N2O. The first-order valence-electron chi connectivity index (χ1n) is 3.83. The highest BCUT2D eigenvalue weighted by atomic mass is 16.5. The van der Waals surface area contributed by atoms with Gasteiger partial charge in [-0.15, -0.1) is 0 Å². The van der Waals surface area contributed by atoms with Crippen LogP contribution < -0.4 is 0 Å². The molecule has 0 aromatic heterocycles. The zero-order valence-electron chi connectivity index (χ0n) is 5.99. The number of rotatable bonds is 1. The molecule has 0 saturated carbocycles. The van der Waals surface area contributed by atoms with Gasteiger partial charge in [-0.1, -0.05) is 0 Å². The highest BCUT2D eigenvalue weighted by Gasteiger charge is 2.22. The van der Waals surface area contributed by atoms with Crippen LogP contribution >= 0.6 is 0 Å². The molecule has 10 heavy (non-hydrogen) atoms. The summed E-state index contributed by atoms with van der Waals surface area (Å²) in [7, 11) is 0. The molecule has 0 bridgehead atoms. The summed E-state index contributed by atoms with van der Waals surface area (Å²) in [5.74, 6) is 0. The maximum absolute atomic E-state index is 5.25. The summed E-state index contributed by atoms with van der Waals surface area (Å²) in [5, 5.41) is 6.39. The molecule has 2 heterocycles. The van der Waals surface area contributed by atoms with E-state index < -0.39 is 0 Å². The summed E-state index contributed by atoms with van der Waals surface area (Å²) in [6, 6.07) is 0.568. The number of ether oxygens (including phenoxy) is 1. The lowest BCUT2D eigenvalue weighted by atomic mass is 10.2. The smallest absolute Gasteiger partial charge is 0.0726 e. The van der Waals surface area contributed by atoms with Gasteiger partial charge in [0.15, 0.2) is 0 Å². The van der Waals surface area contributed by atoms with E-state index >= 15 is 0 Å². The predicted octanol–water partition coefficient (Wildman–Crippen LogP) is 0.467. The SMILES string of the molecule is C1=NN([C@@H]2CCOC2)CC1. The van der Waals surface area contributed by atoms with Crippen molar-refractivity contribution in [3.05, 3.63) is 0 Å². The molecule has 1 fully saturated rings. The molecule has 0 N–H and O–H groups in total. The molecule has 3 nitrogen and oxygen atoms in total. The minimum Gasteiger partial charge on any atom is -0.379 e. The fourth-order valence-corrected chi connectivity index (χ4v) is 1.44. The summed E-state index contributed by atoms with van der Waals surface area (Å²) in [4.78, 5) is 0. The molecule has 3 heteroatoms. The van der Waals surface area contributed by atoms with Crippen LogP contribution in [-0.4, -0.2) is 37.0 Å². The van der Waals surface area contributed by atoms with Crippen molar-refractivity contribution in [2.45, 2.75) is 18.9 Å². The van der Waals surface area contributed by atoms with Gasteiger partial charge in [0.1, 0.15) is 0 Å². The molecule has 1 saturated heterocycles. The van der Waals surface area contributed by atoms with Gasteiger partial charge in [0, 0.05) is 25.8 Å². The maximum atomic E-state index is 5.25. The molecule has 0 unspecified atom stereocenters. The van der Waals surface area contributed by atoms with Crippen molar-refractivity contribution < 1.29 is 4.74 Å². The highest BCUT2D eigenvalue weighted by Crippen LogP contribution is 2.14. The minimum atomic E-state index is 0.568. The topological polar surface area (TPSA) is 24.8 Å². The monoisotopic (exact) mass is 140 g/mol. The first-order valence-corrected chi connectivity index (χ1v) is 3.83.